The zero-order valence-electron chi connectivity index (χ0n) is 16.7. The predicted molar refractivity (Wildman–Crippen MR) is 114 cm³/mol. The van der Waals surface area contributed by atoms with Crippen molar-refractivity contribution in [2.45, 2.75) is 19.1 Å². The molecule has 0 spiro atoms. The standard InChI is InChI=1S/C23H19F2NO5S/c24-23(25)31-17-10-8-16(9-11-17)19(27)14-30-22(29)18(13-15-5-2-1-3-6-15)26-21(28)20-7-4-12-32-20/h1-12,18,23H,13-14H2,(H,26,28)/t18-/m1/s1. The van der Waals surface area contributed by atoms with Crippen molar-refractivity contribution in [3.05, 3.63) is 88.1 Å². The lowest BCUT2D eigenvalue weighted by Crippen LogP contribution is -2.43. The second-order valence-corrected chi connectivity index (χ2v) is 7.57. The highest BCUT2D eigenvalue weighted by molar-refractivity contribution is 7.12. The van der Waals surface area contributed by atoms with E-state index in [0.717, 1.165) is 5.56 Å². The molecular weight excluding hydrogens is 440 g/mol. The summed E-state index contributed by atoms with van der Waals surface area (Å²) in [5.74, 6) is -1.79. The van der Waals surface area contributed by atoms with Gasteiger partial charge in [-0.05, 0) is 41.3 Å². The molecule has 1 N–H and O–H groups in total. The van der Waals surface area contributed by atoms with Crippen molar-refractivity contribution >= 4 is 29.0 Å². The van der Waals surface area contributed by atoms with E-state index < -0.39 is 36.9 Å². The van der Waals surface area contributed by atoms with E-state index >= 15 is 0 Å². The van der Waals surface area contributed by atoms with Crippen LogP contribution in [0.5, 0.6) is 5.75 Å². The molecule has 0 saturated heterocycles. The van der Waals surface area contributed by atoms with Crippen LogP contribution in [0.25, 0.3) is 0 Å². The van der Waals surface area contributed by atoms with Crippen molar-refractivity contribution in [3.63, 3.8) is 0 Å². The second-order valence-electron chi connectivity index (χ2n) is 6.63. The van der Waals surface area contributed by atoms with Gasteiger partial charge in [0.1, 0.15) is 11.8 Å². The van der Waals surface area contributed by atoms with Crippen LogP contribution in [0.4, 0.5) is 8.78 Å². The van der Waals surface area contributed by atoms with Crippen molar-refractivity contribution in [1.29, 1.82) is 0 Å². The Hall–Kier alpha value is -3.59. The van der Waals surface area contributed by atoms with Crippen molar-refractivity contribution in [2.75, 3.05) is 6.61 Å². The fourth-order valence-corrected chi connectivity index (χ4v) is 3.45. The van der Waals surface area contributed by atoms with Gasteiger partial charge in [0.25, 0.3) is 5.91 Å². The number of hydrogen-bond acceptors (Lipinski definition) is 6. The van der Waals surface area contributed by atoms with E-state index in [1.165, 1.54) is 35.6 Å². The lowest BCUT2D eigenvalue weighted by molar-refractivity contribution is -0.144. The summed E-state index contributed by atoms with van der Waals surface area (Å²) < 4.78 is 33.8. The monoisotopic (exact) mass is 459 g/mol. The maximum atomic E-state index is 12.7. The number of alkyl halides is 2. The Morgan fingerprint density at radius 1 is 0.938 bits per heavy atom. The molecule has 1 aromatic heterocycles. The highest BCUT2D eigenvalue weighted by atomic mass is 32.1. The SMILES string of the molecule is O=C(COC(=O)[C@@H](Cc1ccccc1)NC(=O)c1cccs1)c1ccc(OC(F)F)cc1. The van der Waals surface area contributed by atoms with Gasteiger partial charge in [0.2, 0.25) is 0 Å². The minimum atomic E-state index is -2.97. The number of nitrogens with one attached hydrogen (secondary N) is 1. The molecule has 2 aromatic carbocycles. The van der Waals surface area contributed by atoms with Crippen LogP contribution in [0.15, 0.2) is 72.1 Å². The number of thiophene rings is 1. The maximum absolute atomic E-state index is 12.7. The largest absolute Gasteiger partial charge is 0.456 e. The van der Waals surface area contributed by atoms with Crippen LogP contribution < -0.4 is 10.1 Å². The van der Waals surface area contributed by atoms with Crippen molar-refractivity contribution < 1.29 is 32.6 Å². The van der Waals surface area contributed by atoms with Crippen molar-refractivity contribution in [1.82, 2.24) is 5.32 Å². The number of rotatable bonds is 10. The number of halogens is 2. The molecule has 9 heteroatoms. The van der Waals surface area contributed by atoms with Gasteiger partial charge in [-0.15, -0.1) is 11.3 Å². The summed E-state index contributed by atoms with van der Waals surface area (Å²) in [6.45, 7) is -3.53. The molecule has 1 atom stereocenters. The number of ether oxygens (including phenoxy) is 2. The number of amides is 1. The van der Waals surface area contributed by atoms with Crippen LogP contribution in [0.3, 0.4) is 0 Å². The highest BCUT2D eigenvalue weighted by Crippen LogP contribution is 2.16. The summed E-state index contributed by atoms with van der Waals surface area (Å²) in [5, 5.41) is 4.40. The number of benzene rings is 2. The van der Waals surface area contributed by atoms with Gasteiger partial charge >= 0.3 is 12.6 Å². The number of carbonyl (C=O) groups is 3. The van der Waals surface area contributed by atoms with Crippen LogP contribution >= 0.6 is 11.3 Å². The first-order valence-corrected chi connectivity index (χ1v) is 10.4. The topological polar surface area (TPSA) is 81.7 Å². The molecule has 3 aromatic rings. The smallest absolute Gasteiger partial charge is 0.387 e. The summed E-state index contributed by atoms with van der Waals surface area (Å²) in [4.78, 5) is 37.9. The zero-order valence-corrected chi connectivity index (χ0v) is 17.5. The van der Waals surface area contributed by atoms with Gasteiger partial charge in [-0.3, -0.25) is 9.59 Å². The quantitative estimate of drug-likeness (QED) is 0.364. The van der Waals surface area contributed by atoms with Crippen LogP contribution in [0.2, 0.25) is 0 Å². The normalized spacial score (nSPS) is 11.6. The van der Waals surface area contributed by atoms with E-state index in [4.69, 9.17) is 4.74 Å². The van der Waals surface area contributed by atoms with Gasteiger partial charge < -0.3 is 14.8 Å². The van der Waals surface area contributed by atoms with E-state index in [2.05, 4.69) is 10.1 Å². The molecule has 32 heavy (non-hydrogen) atoms. The molecule has 0 bridgehead atoms. The molecule has 1 heterocycles. The van der Waals surface area contributed by atoms with Gasteiger partial charge in [0.05, 0.1) is 4.88 Å². The molecule has 0 unspecified atom stereocenters. The molecule has 0 saturated carbocycles. The van der Waals surface area contributed by atoms with E-state index in [0.29, 0.717) is 4.88 Å². The Morgan fingerprint density at radius 2 is 1.66 bits per heavy atom. The van der Waals surface area contributed by atoms with Gasteiger partial charge in [-0.1, -0.05) is 36.4 Å². The third kappa shape index (κ3) is 6.71. The Labute approximate surface area is 186 Å². The van der Waals surface area contributed by atoms with Crippen LogP contribution in [0, 0.1) is 0 Å². The fraction of sp³-hybridized carbons (Fsp3) is 0.174. The minimum Gasteiger partial charge on any atom is -0.456 e. The second kappa shape index (κ2) is 11.1. The van der Waals surface area contributed by atoms with Crippen molar-refractivity contribution in [2.24, 2.45) is 0 Å². The summed E-state index contributed by atoms with van der Waals surface area (Å²) in [7, 11) is 0. The Kier molecular flexibility index (Phi) is 8.04. The van der Waals surface area contributed by atoms with Crippen LogP contribution in [0.1, 0.15) is 25.6 Å². The maximum Gasteiger partial charge on any atom is 0.387 e. The van der Waals surface area contributed by atoms with Gasteiger partial charge in [-0.2, -0.15) is 8.78 Å². The first-order valence-electron chi connectivity index (χ1n) is 9.55. The lowest BCUT2D eigenvalue weighted by atomic mass is 10.1. The van der Waals surface area contributed by atoms with Crippen molar-refractivity contribution in [3.8, 4) is 5.75 Å². The molecule has 6 nitrogen and oxygen atoms in total. The predicted octanol–water partition coefficient (Wildman–Crippen LogP) is 4.12. The minimum absolute atomic E-state index is 0.0900. The third-order valence-corrected chi connectivity index (χ3v) is 5.23. The summed E-state index contributed by atoms with van der Waals surface area (Å²) in [6.07, 6.45) is 0.185. The van der Waals surface area contributed by atoms with Gasteiger partial charge in [0, 0.05) is 12.0 Å². The van der Waals surface area contributed by atoms with Gasteiger partial charge in [0.15, 0.2) is 12.4 Å². The molecule has 0 aliphatic heterocycles. The summed E-state index contributed by atoms with van der Waals surface area (Å²) >= 11 is 1.24. The Balaban J connectivity index is 1.63. The molecule has 1 amide bonds. The van der Waals surface area contributed by atoms with Crippen LogP contribution in [-0.4, -0.2) is 36.9 Å². The van der Waals surface area contributed by atoms with E-state index in [1.54, 1.807) is 17.5 Å². The third-order valence-electron chi connectivity index (χ3n) is 4.36. The Bertz CT molecular complexity index is 1040. The van der Waals surface area contributed by atoms with Gasteiger partial charge in [-0.25, -0.2) is 4.79 Å². The fourth-order valence-electron chi connectivity index (χ4n) is 2.82. The van der Waals surface area contributed by atoms with E-state index in [1.807, 2.05) is 30.3 Å². The molecule has 0 fully saturated rings. The molecule has 3 rings (SSSR count). The first-order chi connectivity index (χ1) is 15.4. The zero-order chi connectivity index (χ0) is 22.9. The number of esters is 1. The summed E-state index contributed by atoms with van der Waals surface area (Å²) in [5.41, 5.74) is 0.975. The molecule has 0 radical (unpaired) electrons. The summed E-state index contributed by atoms with van der Waals surface area (Å²) in [6, 6.07) is 16.5. The number of hydrogen-bond donors (Lipinski definition) is 1. The average Bonchev–Trinajstić information content (AvgIpc) is 3.33. The molecular formula is C23H19F2NO5S. The van der Waals surface area contributed by atoms with E-state index in [9.17, 15) is 23.2 Å². The van der Waals surface area contributed by atoms with E-state index in [-0.39, 0.29) is 17.7 Å². The number of Topliss-reactive ketones (excluding diaryl/α,β-unsaturated/α-hetero) is 1. The van der Waals surface area contributed by atoms with Crippen LogP contribution in [-0.2, 0) is 16.0 Å². The first kappa shape index (κ1) is 23.1. The average molecular weight is 459 g/mol. The lowest BCUT2D eigenvalue weighted by Gasteiger charge is -2.17. The number of carbonyl (C=O) groups excluding carboxylic acids is 3. The molecule has 0 aliphatic rings. The molecule has 0 aliphatic carbocycles. The highest BCUT2D eigenvalue weighted by Gasteiger charge is 2.25. The molecule has 166 valence electrons. The Morgan fingerprint density at radius 3 is 2.28 bits per heavy atom. The number of ketones is 1.